The molecule has 2 aromatic carbocycles. The molecule has 0 saturated heterocycles. The van der Waals surface area contributed by atoms with Crippen LogP contribution in [0.1, 0.15) is 23.6 Å². The topological polar surface area (TPSA) is 51.2 Å². The summed E-state index contributed by atoms with van der Waals surface area (Å²) in [6.07, 6.45) is 0.985. The number of amides is 1. The number of hydrogen-bond acceptors (Lipinski definition) is 4. The number of carbonyl (C=O) groups is 1. The lowest BCUT2D eigenvalue weighted by atomic mass is 10.1. The standard InChI is InChI=1S/C19H20N2O2S/c1-4-14-8-9-15-17(10-14)24-19(20-15)21-18(22)11-23-16-7-5-6-12(2)13(16)3/h5-10H,4,11H2,1-3H3,(H,20,21,22). The first-order chi connectivity index (χ1) is 11.6. The smallest absolute Gasteiger partial charge is 0.264 e. The van der Waals surface area contributed by atoms with E-state index in [1.165, 1.54) is 16.9 Å². The molecule has 0 saturated carbocycles. The third-order valence-electron chi connectivity index (χ3n) is 4.02. The van der Waals surface area contributed by atoms with Crippen LogP contribution in [0.25, 0.3) is 10.2 Å². The van der Waals surface area contributed by atoms with Crippen LogP contribution in [0.5, 0.6) is 5.75 Å². The molecule has 1 heterocycles. The van der Waals surface area contributed by atoms with Crippen LogP contribution in [0.3, 0.4) is 0 Å². The Hall–Kier alpha value is -2.40. The molecule has 3 aromatic rings. The minimum atomic E-state index is -0.203. The van der Waals surface area contributed by atoms with Gasteiger partial charge >= 0.3 is 0 Å². The number of benzene rings is 2. The Labute approximate surface area is 145 Å². The van der Waals surface area contributed by atoms with Gasteiger partial charge in [0.1, 0.15) is 5.75 Å². The maximum absolute atomic E-state index is 12.1. The summed E-state index contributed by atoms with van der Waals surface area (Å²) in [5.41, 5.74) is 4.37. The van der Waals surface area contributed by atoms with Crippen molar-refractivity contribution in [1.82, 2.24) is 4.98 Å². The molecule has 0 unspecified atom stereocenters. The third kappa shape index (κ3) is 3.57. The first-order valence-corrected chi connectivity index (χ1v) is 8.77. The summed E-state index contributed by atoms with van der Waals surface area (Å²) < 4.78 is 6.71. The monoisotopic (exact) mass is 340 g/mol. The molecule has 124 valence electrons. The molecular weight excluding hydrogens is 320 g/mol. The highest BCUT2D eigenvalue weighted by Gasteiger charge is 2.10. The number of ether oxygens (including phenoxy) is 1. The zero-order chi connectivity index (χ0) is 17.1. The van der Waals surface area contributed by atoms with Gasteiger partial charge < -0.3 is 4.74 Å². The van der Waals surface area contributed by atoms with Crippen molar-refractivity contribution >= 4 is 32.6 Å². The summed E-state index contributed by atoms with van der Waals surface area (Å²) in [7, 11) is 0. The lowest BCUT2D eigenvalue weighted by Crippen LogP contribution is -2.20. The van der Waals surface area contributed by atoms with Gasteiger partial charge in [0.15, 0.2) is 11.7 Å². The molecule has 0 atom stereocenters. The zero-order valence-electron chi connectivity index (χ0n) is 14.1. The molecule has 1 aromatic heterocycles. The van der Waals surface area contributed by atoms with Gasteiger partial charge in [-0.05, 0) is 55.2 Å². The second kappa shape index (κ2) is 7.01. The molecule has 0 aliphatic carbocycles. The normalized spacial score (nSPS) is 10.8. The second-order valence-corrected chi connectivity index (χ2v) is 6.74. The molecule has 0 bridgehead atoms. The maximum Gasteiger partial charge on any atom is 0.264 e. The van der Waals surface area contributed by atoms with Gasteiger partial charge in [-0.25, -0.2) is 4.98 Å². The molecule has 0 fully saturated rings. The molecule has 4 nitrogen and oxygen atoms in total. The first kappa shape index (κ1) is 16.5. The summed E-state index contributed by atoms with van der Waals surface area (Å²) in [5, 5.41) is 3.42. The van der Waals surface area contributed by atoms with Gasteiger partial charge in [-0.3, -0.25) is 10.1 Å². The average Bonchev–Trinajstić information content (AvgIpc) is 2.97. The summed E-state index contributed by atoms with van der Waals surface area (Å²) in [6.45, 7) is 6.10. The molecule has 24 heavy (non-hydrogen) atoms. The van der Waals surface area contributed by atoms with Gasteiger partial charge in [-0.15, -0.1) is 0 Å². The Morgan fingerprint density at radius 2 is 2.08 bits per heavy atom. The number of nitrogens with one attached hydrogen (secondary N) is 1. The maximum atomic E-state index is 12.1. The molecule has 5 heteroatoms. The average molecular weight is 340 g/mol. The van der Waals surface area contributed by atoms with Crippen LogP contribution in [0, 0.1) is 13.8 Å². The molecule has 0 spiro atoms. The fourth-order valence-corrected chi connectivity index (χ4v) is 3.37. The molecular formula is C19H20N2O2S. The number of rotatable bonds is 5. The molecule has 0 radical (unpaired) electrons. The number of thiazole rings is 1. The molecule has 1 N–H and O–H groups in total. The van der Waals surface area contributed by atoms with Crippen molar-refractivity contribution < 1.29 is 9.53 Å². The Morgan fingerprint density at radius 1 is 1.25 bits per heavy atom. The quantitative estimate of drug-likeness (QED) is 0.744. The van der Waals surface area contributed by atoms with Crippen molar-refractivity contribution in [3.05, 3.63) is 53.1 Å². The van der Waals surface area contributed by atoms with Crippen molar-refractivity contribution in [3.8, 4) is 5.75 Å². The SMILES string of the molecule is CCc1ccc2nc(NC(=O)COc3cccc(C)c3C)sc2c1. The van der Waals surface area contributed by atoms with Crippen LogP contribution in [-0.4, -0.2) is 17.5 Å². The van der Waals surface area contributed by atoms with Crippen LogP contribution in [0.15, 0.2) is 36.4 Å². The highest BCUT2D eigenvalue weighted by Crippen LogP contribution is 2.27. The van der Waals surface area contributed by atoms with E-state index >= 15 is 0 Å². The number of aromatic nitrogens is 1. The molecule has 3 rings (SSSR count). The summed E-state index contributed by atoms with van der Waals surface area (Å²) >= 11 is 1.48. The fourth-order valence-electron chi connectivity index (χ4n) is 2.42. The van der Waals surface area contributed by atoms with Crippen molar-refractivity contribution in [2.24, 2.45) is 0 Å². The van der Waals surface area contributed by atoms with E-state index in [2.05, 4.69) is 29.4 Å². The summed E-state index contributed by atoms with van der Waals surface area (Å²) in [4.78, 5) is 16.6. The Bertz CT molecular complexity index is 886. The van der Waals surface area contributed by atoms with Gasteiger partial charge in [0.05, 0.1) is 10.2 Å². The van der Waals surface area contributed by atoms with Crippen LogP contribution in [0.4, 0.5) is 5.13 Å². The fraction of sp³-hybridized carbons (Fsp3) is 0.263. The third-order valence-corrected chi connectivity index (χ3v) is 4.95. The van der Waals surface area contributed by atoms with E-state index in [4.69, 9.17) is 4.74 Å². The highest BCUT2D eigenvalue weighted by molar-refractivity contribution is 7.22. The van der Waals surface area contributed by atoms with E-state index in [-0.39, 0.29) is 12.5 Å². The minimum absolute atomic E-state index is 0.0274. The highest BCUT2D eigenvalue weighted by atomic mass is 32.1. The number of nitrogens with zero attached hydrogens (tertiary/aromatic N) is 1. The number of hydrogen-bond donors (Lipinski definition) is 1. The number of aryl methyl sites for hydroxylation is 2. The number of carbonyl (C=O) groups excluding carboxylic acids is 1. The molecule has 0 aliphatic heterocycles. The van der Waals surface area contributed by atoms with Crippen LogP contribution in [0.2, 0.25) is 0 Å². The number of fused-ring (bicyclic) bond motifs is 1. The van der Waals surface area contributed by atoms with E-state index in [0.29, 0.717) is 5.13 Å². The van der Waals surface area contributed by atoms with Gasteiger partial charge in [-0.2, -0.15) is 0 Å². The Morgan fingerprint density at radius 3 is 2.88 bits per heavy atom. The van der Waals surface area contributed by atoms with Crippen LogP contribution in [-0.2, 0) is 11.2 Å². The van der Waals surface area contributed by atoms with Crippen molar-refractivity contribution in [1.29, 1.82) is 0 Å². The number of anilines is 1. The van der Waals surface area contributed by atoms with E-state index in [1.807, 2.05) is 38.1 Å². The van der Waals surface area contributed by atoms with Crippen molar-refractivity contribution in [2.45, 2.75) is 27.2 Å². The lowest BCUT2D eigenvalue weighted by Gasteiger charge is -2.10. The zero-order valence-corrected chi connectivity index (χ0v) is 14.9. The van der Waals surface area contributed by atoms with E-state index in [9.17, 15) is 4.79 Å². The summed E-state index contributed by atoms with van der Waals surface area (Å²) in [5.74, 6) is 0.535. The van der Waals surface area contributed by atoms with Crippen LogP contribution >= 0.6 is 11.3 Å². The predicted octanol–water partition coefficient (Wildman–Crippen LogP) is 4.49. The molecule has 1 amide bonds. The van der Waals surface area contributed by atoms with E-state index in [0.717, 1.165) is 33.5 Å². The van der Waals surface area contributed by atoms with Crippen molar-refractivity contribution in [3.63, 3.8) is 0 Å². The lowest BCUT2D eigenvalue weighted by molar-refractivity contribution is -0.118. The van der Waals surface area contributed by atoms with Crippen molar-refractivity contribution in [2.75, 3.05) is 11.9 Å². The second-order valence-electron chi connectivity index (χ2n) is 5.71. The van der Waals surface area contributed by atoms with Gasteiger partial charge in [0, 0.05) is 0 Å². The van der Waals surface area contributed by atoms with Crippen LogP contribution < -0.4 is 10.1 Å². The van der Waals surface area contributed by atoms with E-state index < -0.39 is 0 Å². The predicted molar refractivity (Wildman–Crippen MR) is 99.0 cm³/mol. The Balaban J connectivity index is 1.65. The molecule has 0 aliphatic rings. The van der Waals surface area contributed by atoms with Gasteiger partial charge in [0.25, 0.3) is 5.91 Å². The van der Waals surface area contributed by atoms with Gasteiger partial charge in [-0.1, -0.05) is 36.5 Å². The van der Waals surface area contributed by atoms with E-state index in [1.54, 1.807) is 0 Å². The first-order valence-electron chi connectivity index (χ1n) is 7.95. The minimum Gasteiger partial charge on any atom is -0.483 e. The Kier molecular flexibility index (Phi) is 4.81. The summed E-state index contributed by atoms with van der Waals surface area (Å²) in [6, 6.07) is 12.0. The van der Waals surface area contributed by atoms with Gasteiger partial charge in [0.2, 0.25) is 0 Å². The largest absolute Gasteiger partial charge is 0.483 e.